The Balaban J connectivity index is 2.31. The van der Waals surface area contributed by atoms with Gasteiger partial charge in [0.1, 0.15) is 11.0 Å². The molecule has 0 aliphatic rings. The standard InChI is InChI=1S/C13H12N4O2S/c1-10(11-5-2-3-7-15-11)17-20(18,19)13-6-4-8-16-12(13)9-14/h2-8,10,17H,1H3. The molecule has 0 aliphatic carbocycles. The van der Waals surface area contributed by atoms with Crippen LogP contribution in [0, 0.1) is 11.3 Å². The van der Waals surface area contributed by atoms with Crippen molar-refractivity contribution in [2.45, 2.75) is 17.9 Å². The Morgan fingerprint density at radius 3 is 2.60 bits per heavy atom. The highest BCUT2D eigenvalue weighted by atomic mass is 32.2. The van der Waals surface area contributed by atoms with Crippen molar-refractivity contribution < 1.29 is 8.42 Å². The summed E-state index contributed by atoms with van der Waals surface area (Å²) in [4.78, 5) is 7.71. The van der Waals surface area contributed by atoms with Crippen molar-refractivity contribution in [2.24, 2.45) is 0 Å². The number of nitrogens with zero attached hydrogens (tertiary/aromatic N) is 3. The van der Waals surface area contributed by atoms with Gasteiger partial charge in [-0.25, -0.2) is 18.1 Å². The number of pyridine rings is 2. The first-order valence-electron chi connectivity index (χ1n) is 5.83. The summed E-state index contributed by atoms with van der Waals surface area (Å²) in [6.07, 6.45) is 2.96. The van der Waals surface area contributed by atoms with Crippen LogP contribution in [0.2, 0.25) is 0 Å². The van der Waals surface area contributed by atoms with Gasteiger partial charge in [0.15, 0.2) is 5.69 Å². The average Bonchev–Trinajstić information content (AvgIpc) is 2.47. The highest BCUT2D eigenvalue weighted by Gasteiger charge is 2.22. The Morgan fingerprint density at radius 1 is 1.20 bits per heavy atom. The number of sulfonamides is 1. The van der Waals surface area contributed by atoms with E-state index < -0.39 is 16.1 Å². The van der Waals surface area contributed by atoms with Crippen LogP contribution in [0.15, 0.2) is 47.6 Å². The van der Waals surface area contributed by atoms with E-state index in [-0.39, 0.29) is 10.6 Å². The molecular formula is C13H12N4O2S. The zero-order valence-corrected chi connectivity index (χ0v) is 11.5. The van der Waals surface area contributed by atoms with E-state index in [1.54, 1.807) is 37.4 Å². The van der Waals surface area contributed by atoms with Crippen LogP contribution in [0.5, 0.6) is 0 Å². The molecule has 2 heterocycles. The van der Waals surface area contributed by atoms with Gasteiger partial charge in [-0.05, 0) is 31.2 Å². The maximum Gasteiger partial charge on any atom is 0.244 e. The third-order valence-corrected chi connectivity index (χ3v) is 4.20. The van der Waals surface area contributed by atoms with Crippen LogP contribution in [-0.2, 0) is 10.0 Å². The summed E-state index contributed by atoms with van der Waals surface area (Å²) in [7, 11) is -3.83. The van der Waals surface area contributed by atoms with Gasteiger partial charge >= 0.3 is 0 Å². The molecule has 1 N–H and O–H groups in total. The van der Waals surface area contributed by atoms with E-state index in [4.69, 9.17) is 5.26 Å². The van der Waals surface area contributed by atoms with Crippen molar-refractivity contribution in [2.75, 3.05) is 0 Å². The molecule has 0 aliphatic heterocycles. The molecule has 6 nitrogen and oxygen atoms in total. The molecule has 2 rings (SSSR count). The molecule has 0 aromatic carbocycles. The lowest BCUT2D eigenvalue weighted by molar-refractivity contribution is 0.563. The van der Waals surface area contributed by atoms with Crippen molar-refractivity contribution in [3.05, 3.63) is 54.1 Å². The van der Waals surface area contributed by atoms with E-state index in [1.807, 2.05) is 0 Å². The van der Waals surface area contributed by atoms with Crippen molar-refractivity contribution >= 4 is 10.0 Å². The summed E-state index contributed by atoms with van der Waals surface area (Å²) in [5.74, 6) is 0. The molecule has 102 valence electrons. The Hall–Kier alpha value is -2.30. The quantitative estimate of drug-likeness (QED) is 0.917. The summed E-state index contributed by atoms with van der Waals surface area (Å²) in [6.45, 7) is 1.68. The molecule has 1 unspecified atom stereocenters. The van der Waals surface area contributed by atoms with Crippen LogP contribution in [0.3, 0.4) is 0 Å². The molecule has 1 atom stereocenters. The maximum atomic E-state index is 12.3. The zero-order chi connectivity index (χ0) is 14.6. The lowest BCUT2D eigenvalue weighted by Crippen LogP contribution is -2.28. The first kappa shape index (κ1) is 14.1. The smallest absolute Gasteiger partial charge is 0.244 e. The van der Waals surface area contributed by atoms with Crippen LogP contribution in [0.25, 0.3) is 0 Å². The van der Waals surface area contributed by atoms with Gasteiger partial charge in [-0.3, -0.25) is 4.98 Å². The van der Waals surface area contributed by atoms with Gasteiger partial charge in [-0.2, -0.15) is 5.26 Å². The summed E-state index contributed by atoms with van der Waals surface area (Å²) in [5, 5.41) is 8.92. The van der Waals surface area contributed by atoms with E-state index in [0.29, 0.717) is 5.69 Å². The molecule has 0 saturated heterocycles. The second-order valence-electron chi connectivity index (χ2n) is 4.06. The highest BCUT2D eigenvalue weighted by molar-refractivity contribution is 7.89. The van der Waals surface area contributed by atoms with Crippen LogP contribution in [0.4, 0.5) is 0 Å². The molecule has 20 heavy (non-hydrogen) atoms. The molecule has 2 aromatic heterocycles. The number of nitrogens with one attached hydrogen (secondary N) is 1. The molecule has 0 amide bonds. The zero-order valence-electron chi connectivity index (χ0n) is 10.7. The predicted octanol–water partition coefficient (Wildman–Crippen LogP) is 1.39. The minimum absolute atomic E-state index is 0.131. The van der Waals surface area contributed by atoms with E-state index in [0.717, 1.165) is 0 Å². The first-order valence-corrected chi connectivity index (χ1v) is 7.31. The van der Waals surface area contributed by atoms with Crippen molar-refractivity contribution in [1.82, 2.24) is 14.7 Å². The minimum Gasteiger partial charge on any atom is -0.260 e. The Kier molecular flexibility index (Phi) is 4.08. The molecule has 0 bridgehead atoms. The fraction of sp³-hybridized carbons (Fsp3) is 0.154. The third kappa shape index (κ3) is 2.99. The van der Waals surface area contributed by atoms with Crippen LogP contribution < -0.4 is 4.72 Å². The van der Waals surface area contributed by atoms with Crippen LogP contribution in [-0.4, -0.2) is 18.4 Å². The van der Waals surface area contributed by atoms with Gasteiger partial charge in [-0.1, -0.05) is 6.07 Å². The molecule has 0 spiro atoms. The Labute approximate surface area is 117 Å². The fourth-order valence-corrected chi connectivity index (χ4v) is 3.00. The SMILES string of the molecule is CC(NS(=O)(=O)c1cccnc1C#N)c1ccccn1. The van der Waals surface area contributed by atoms with E-state index >= 15 is 0 Å². The molecule has 0 radical (unpaired) electrons. The fourth-order valence-electron chi connectivity index (χ4n) is 1.68. The average molecular weight is 288 g/mol. The van der Waals surface area contributed by atoms with E-state index in [9.17, 15) is 8.42 Å². The lowest BCUT2D eigenvalue weighted by Gasteiger charge is -2.13. The number of aromatic nitrogens is 2. The first-order chi connectivity index (χ1) is 9.54. The van der Waals surface area contributed by atoms with E-state index in [1.165, 1.54) is 18.3 Å². The second-order valence-corrected chi connectivity index (χ2v) is 5.74. The Bertz CT molecular complexity index is 738. The summed E-state index contributed by atoms with van der Waals surface area (Å²) in [6, 6.07) is 9.33. The monoisotopic (exact) mass is 288 g/mol. The maximum absolute atomic E-state index is 12.3. The molecule has 0 saturated carbocycles. The lowest BCUT2D eigenvalue weighted by atomic mass is 10.2. The number of nitriles is 1. The minimum atomic E-state index is -3.83. The molecular weight excluding hydrogens is 276 g/mol. The van der Waals surface area contributed by atoms with Gasteiger partial charge in [-0.15, -0.1) is 0 Å². The van der Waals surface area contributed by atoms with Crippen molar-refractivity contribution in [1.29, 1.82) is 5.26 Å². The van der Waals surface area contributed by atoms with E-state index in [2.05, 4.69) is 14.7 Å². The Morgan fingerprint density at radius 2 is 1.95 bits per heavy atom. The van der Waals surface area contributed by atoms with Gasteiger partial charge in [0, 0.05) is 12.4 Å². The summed E-state index contributed by atoms with van der Waals surface area (Å²) < 4.78 is 27.0. The number of rotatable bonds is 4. The van der Waals surface area contributed by atoms with Gasteiger partial charge in [0.05, 0.1) is 11.7 Å². The number of hydrogen-bond donors (Lipinski definition) is 1. The second kappa shape index (κ2) is 5.77. The van der Waals surface area contributed by atoms with Gasteiger partial charge in [0.25, 0.3) is 0 Å². The normalized spacial score (nSPS) is 12.6. The topological polar surface area (TPSA) is 95.7 Å². The van der Waals surface area contributed by atoms with Gasteiger partial charge in [0.2, 0.25) is 10.0 Å². The summed E-state index contributed by atoms with van der Waals surface area (Å²) >= 11 is 0. The van der Waals surface area contributed by atoms with Gasteiger partial charge < -0.3 is 0 Å². The molecule has 7 heteroatoms. The molecule has 2 aromatic rings. The number of hydrogen-bond acceptors (Lipinski definition) is 5. The van der Waals surface area contributed by atoms with Crippen molar-refractivity contribution in [3.63, 3.8) is 0 Å². The predicted molar refractivity (Wildman–Crippen MR) is 71.9 cm³/mol. The third-order valence-electron chi connectivity index (χ3n) is 2.63. The van der Waals surface area contributed by atoms with Crippen molar-refractivity contribution in [3.8, 4) is 6.07 Å². The molecule has 0 fully saturated rings. The van der Waals surface area contributed by atoms with Crippen LogP contribution >= 0.6 is 0 Å². The summed E-state index contributed by atoms with van der Waals surface area (Å²) in [5.41, 5.74) is 0.465. The van der Waals surface area contributed by atoms with Crippen LogP contribution in [0.1, 0.15) is 24.4 Å². The largest absolute Gasteiger partial charge is 0.260 e. The highest BCUT2D eigenvalue weighted by Crippen LogP contribution is 2.16.